The molecule has 2 fully saturated rings. The smallest absolute Gasteiger partial charge is 0.407 e. The number of amides is 1. The molecule has 0 saturated carbocycles. The van der Waals surface area contributed by atoms with Gasteiger partial charge in [0.2, 0.25) is 10.0 Å². The molecule has 0 spiro atoms. The summed E-state index contributed by atoms with van der Waals surface area (Å²) in [6.07, 6.45) is -2.73. The van der Waals surface area contributed by atoms with Crippen molar-refractivity contribution in [2.75, 3.05) is 32.7 Å². The zero-order valence-electron chi connectivity index (χ0n) is 32.5. The first-order valence-corrected chi connectivity index (χ1v) is 22.4. The number of aromatic hydroxyl groups is 1. The summed E-state index contributed by atoms with van der Waals surface area (Å²) in [5.41, 5.74) is 2.29. The maximum absolute atomic E-state index is 14.2. The van der Waals surface area contributed by atoms with Crippen molar-refractivity contribution in [2.45, 2.75) is 69.3 Å². The fraction of sp³-hybridized carbons (Fsp3) is 0.405. The van der Waals surface area contributed by atoms with Crippen molar-refractivity contribution in [2.24, 2.45) is 11.8 Å². The summed E-state index contributed by atoms with van der Waals surface area (Å²) in [4.78, 5) is 13.2. The maximum Gasteiger partial charge on any atom is 0.407 e. The van der Waals surface area contributed by atoms with Crippen LogP contribution in [0.5, 0.6) is 11.5 Å². The molecule has 0 bridgehead atoms. The highest BCUT2D eigenvalue weighted by atomic mass is 32.2. The second kappa shape index (κ2) is 20.1. The Bertz CT molecular complexity index is 2010. The van der Waals surface area contributed by atoms with Gasteiger partial charge in [0.15, 0.2) is 12.6 Å². The van der Waals surface area contributed by atoms with Crippen LogP contribution in [-0.2, 0) is 57.5 Å². The summed E-state index contributed by atoms with van der Waals surface area (Å²) in [6, 6.07) is 29.5. The van der Waals surface area contributed by atoms with E-state index in [4.69, 9.17) is 28.0 Å². The minimum Gasteiger partial charge on any atom is -0.508 e. The summed E-state index contributed by atoms with van der Waals surface area (Å²) in [7, 11) is -8.00. The molecule has 0 radical (unpaired) electrons. The van der Waals surface area contributed by atoms with Crippen LogP contribution in [0.15, 0.2) is 114 Å². The Morgan fingerprint density at radius 1 is 0.862 bits per heavy atom. The summed E-state index contributed by atoms with van der Waals surface area (Å²) < 4.78 is 77.7. The zero-order chi connectivity index (χ0) is 41.1. The number of fused-ring (bicyclic) bond motifs is 1. The normalized spacial score (nSPS) is 19.2. The van der Waals surface area contributed by atoms with Crippen molar-refractivity contribution in [1.82, 2.24) is 9.62 Å². The van der Waals surface area contributed by atoms with Gasteiger partial charge in [-0.25, -0.2) is 13.2 Å². The number of phenols is 1. The second-order valence-corrected chi connectivity index (χ2v) is 18.7. The molecule has 0 unspecified atom stereocenters. The third kappa shape index (κ3) is 12.1. The monoisotopic (exact) mass is 838 g/mol. The number of aliphatic hydroxyl groups excluding tert-OH is 1. The minimum absolute atomic E-state index is 0.0310. The fourth-order valence-corrected chi connectivity index (χ4v) is 9.51. The number of sulfonamides is 1. The van der Waals surface area contributed by atoms with Gasteiger partial charge in [-0.05, 0) is 71.8 Å². The highest BCUT2D eigenvalue weighted by Gasteiger charge is 2.44. The van der Waals surface area contributed by atoms with Gasteiger partial charge in [0.05, 0.1) is 49.4 Å². The lowest BCUT2D eigenvalue weighted by Gasteiger charge is -2.31. The fourth-order valence-electron chi connectivity index (χ4n) is 6.67. The molecule has 312 valence electrons. The molecule has 1 amide bonds. The van der Waals surface area contributed by atoms with Crippen LogP contribution in [0.4, 0.5) is 4.79 Å². The number of aliphatic hydroxyl groups is 1. The Kier molecular flexibility index (Phi) is 15.0. The van der Waals surface area contributed by atoms with E-state index >= 15 is 0 Å². The van der Waals surface area contributed by atoms with Gasteiger partial charge in [-0.1, -0.05) is 86.6 Å². The van der Waals surface area contributed by atoms with E-state index in [1.54, 1.807) is 12.1 Å². The molecule has 0 aromatic heterocycles. The number of carbonyl (C=O) groups excluding carboxylic acids is 1. The predicted octanol–water partition coefficient (Wildman–Crippen LogP) is 6.46. The third-order valence-corrected chi connectivity index (χ3v) is 13.1. The lowest BCUT2D eigenvalue weighted by Crippen LogP contribution is -2.51. The first kappa shape index (κ1) is 43.3. The molecule has 2 aliphatic rings. The van der Waals surface area contributed by atoms with E-state index in [-0.39, 0.29) is 67.6 Å². The molecule has 5 atom stereocenters. The molecule has 3 N–H and O–H groups in total. The first-order chi connectivity index (χ1) is 27.9. The van der Waals surface area contributed by atoms with Crippen LogP contribution >= 0.6 is 7.60 Å². The number of nitrogens with one attached hydrogen (secondary N) is 1. The van der Waals surface area contributed by atoms with Crippen LogP contribution in [0.25, 0.3) is 0 Å². The Hall–Kier alpha value is -4.31. The average Bonchev–Trinajstić information content (AvgIpc) is 3.85. The van der Waals surface area contributed by atoms with Gasteiger partial charge in [-0.3, -0.25) is 4.57 Å². The van der Waals surface area contributed by atoms with Crippen molar-refractivity contribution in [3.63, 3.8) is 0 Å². The Balaban J connectivity index is 1.13. The summed E-state index contributed by atoms with van der Waals surface area (Å²) in [5, 5.41) is 24.2. The Morgan fingerprint density at radius 3 is 2.09 bits per heavy atom. The molecule has 2 heterocycles. The van der Waals surface area contributed by atoms with Gasteiger partial charge in [-0.2, -0.15) is 4.31 Å². The molecule has 14 nitrogen and oxygen atoms in total. The SMILES string of the molecule is CC(C)CN(C[C@@H](O)[C@H](Cc1ccc(O)cc1)NC(=O)O[C@H]1CO[C@H]2OCC[C@H]21)S(=O)(=O)c1ccc(OCP(=O)(OCc2ccccc2)OCc2ccccc2)cc1. The lowest BCUT2D eigenvalue weighted by molar-refractivity contribution is -0.0907. The van der Waals surface area contributed by atoms with Crippen molar-refractivity contribution in [3.05, 3.63) is 126 Å². The summed E-state index contributed by atoms with van der Waals surface area (Å²) in [6.45, 7) is 4.18. The average molecular weight is 839 g/mol. The van der Waals surface area contributed by atoms with E-state index in [1.165, 1.54) is 40.7 Å². The number of carbonyl (C=O) groups is 1. The van der Waals surface area contributed by atoms with Gasteiger partial charge in [0.25, 0.3) is 0 Å². The Morgan fingerprint density at radius 2 is 1.48 bits per heavy atom. The lowest BCUT2D eigenvalue weighted by atomic mass is 10.0. The molecule has 4 aromatic carbocycles. The van der Waals surface area contributed by atoms with E-state index in [2.05, 4.69) is 5.32 Å². The van der Waals surface area contributed by atoms with E-state index in [9.17, 15) is 28.0 Å². The number of phenolic OH excluding ortho intramolecular Hbond substituents is 1. The van der Waals surface area contributed by atoms with Crippen LogP contribution in [0.3, 0.4) is 0 Å². The molecular formula is C42H51N2O12PS. The zero-order valence-corrected chi connectivity index (χ0v) is 34.2. The van der Waals surface area contributed by atoms with Crippen molar-refractivity contribution >= 4 is 23.7 Å². The van der Waals surface area contributed by atoms with Gasteiger partial charge in [-0.15, -0.1) is 0 Å². The van der Waals surface area contributed by atoms with Crippen LogP contribution in [0, 0.1) is 11.8 Å². The van der Waals surface area contributed by atoms with E-state index in [1.807, 2.05) is 74.5 Å². The number of hydrogen-bond acceptors (Lipinski definition) is 12. The van der Waals surface area contributed by atoms with Crippen LogP contribution < -0.4 is 10.1 Å². The molecule has 6 rings (SSSR count). The number of hydrogen-bond donors (Lipinski definition) is 3. The molecule has 16 heteroatoms. The summed E-state index contributed by atoms with van der Waals surface area (Å²) >= 11 is 0. The predicted molar refractivity (Wildman–Crippen MR) is 214 cm³/mol. The van der Waals surface area contributed by atoms with Crippen molar-refractivity contribution in [3.8, 4) is 11.5 Å². The minimum atomic E-state index is -4.19. The van der Waals surface area contributed by atoms with Gasteiger partial charge >= 0.3 is 13.7 Å². The standard InChI is InChI=1S/C42H51N2O12PS/c1-30(2)24-44(25-39(46)38(23-31-13-15-34(45)16-14-31)43-42(47)56-40-28-52-41-37(40)21-22-51-41)58(49,50)36-19-17-35(18-20-36)53-29-57(48,54-26-32-9-5-3-6-10-32)55-27-33-11-7-4-8-12-33/h3-20,30,37-41,45-46H,21-29H2,1-2H3,(H,43,47)/t37-,38-,39+,40-,41+/m0/s1. The van der Waals surface area contributed by atoms with Crippen molar-refractivity contribution < 1.29 is 56.0 Å². The largest absolute Gasteiger partial charge is 0.508 e. The quantitative estimate of drug-likeness (QED) is 0.0829. The van der Waals surface area contributed by atoms with Crippen LogP contribution in [0.1, 0.15) is 37.0 Å². The second-order valence-electron chi connectivity index (χ2n) is 14.7. The maximum atomic E-state index is 14.2. The number of rotatable bonds is 20. The molecule has 2 saturated heterocycles. The molecule has 4 aromatic rings. The molecule has 0 aliphatic carbocycles. The van der Waals surface area contributed by atoms with Gasteiger partial charge in [0, 0.05) is 13.1 Å². The third-order valence-electron chi connectivity index (χ3n) is 9.76. The highest BCUT2D eigenvalue weighted by Crippen LogP contribution is 2.50. The van der Waals surface area contributed by atoms with Crippen LogP contribution in [-0.4, -0.2) is 86.2 Å². The van der Waals surface area contributed by atoms with Gasteiger partial charge in [0.1, 0.15) is 17.6 Å². The van der Waals surface area contributed by atoms with E-state index in [0.29, 0.717) is 18.6 Å². The van der Waals surface area contributed by atoms with E-state index in [0.717, 1.165) is 11.1 Å². The van der Waals surface area contributed by atoms with Crippen LogP contribution in [0.2, 0.25) is 0 Å². The number of benzene rings is 4. The van der Waals surface area contributed by atoms with Crippen molar-refractivity contribution in [1.29, 1.82) is 0 Å². The molecule has 58 heavy (non-hydrogen) atoms. The topological polar surface area (TPSA) is 179 Å². The van der Waals surface area contributed by atoms with E-state index < -0.39 is 54.6 Å². The number of nitrogens with zero attached hydrogens (tertiary/aromatic N) is 1. The van der Waals surface area contributed by atoms with Gasteiger partial charge < -0.3 is 43.5 Å². The number of ether oxygens (including phenoxy) is 4. The molecule has 2 aliphatic heterocycles. The number of alkyl carbamates (subject to hydrolysis) is 1. The first-order valence-electron chi connectivity index (χ1n) is 19.2. The highest BCUT2D eigenvalue weighted by molar-refractivity contribution is 7.89. The molecular weight excluding hydrogens is 788 g/mol. The Labute approximate surface area is 339 Å². The summed E-state index contributed by atoms with van der Waals surface area (Å²) in [5.74, 6) is 0.0688.